The molecule has 1 rings (SSSR count). The van der Waals surface area contributed by atoms with Crippen LogP contribution >= 0.6 is 0 Å². The van der Waals surface area contributed by atoms with Gasteiger partial charge < -0.3 is 5.73 Å². The molecule has 0 bridgehead atoms. The van der Waals surface area contributed by atoms with Crippen molar-refractivity contribution in [1.82, 2.24) is 0 Å². The van der Waals surface area contributed by atoms with E-state index < -0.39 is 10.8 Å². The Morgan fingerprint density at radius 3 is 2.27 bits per heavy atom. The van der Waals surface area contributed by atoms with Crippen molar-refractivity contribution in [1.29, 1.82) is 0 Å². The molecule has 2 nitrogen and oxygen atoms in total. The first-order valence-corrected chi connectivity index (χ1v) is 6.42. The van der Waals surface area contributed by atoms with Gasteiger partial charge in [-0.2, -0.15) is 0 Å². The predicted molar refractivity (Wildman–Crippen MR) is 66.1 cm³/mol. The molecule has 0 spiro atoms. The number of rotatable bonds is 3. The maximum absolute atomic E-state index is 11.9. The molecule has 15 heavy (non-hydrogen) atoms. The van der Waals surface area contributed by atoms with Gasteiger partial charge in [0.2, 0.25) is 0 Å². The molecule has 0 heterocycles. The van der Waals surface area contributed by atoms with E-state index in [-0.39, 0.29) is 10.8 Å². The molecular formula is C12H19NOS. The van der Waals surface area contributed by atoms with Crippen LogP contribution < -0.4 is 5.73 Å². The zero-order valence-electron chi connectivity index (χ0n) is 9.57. The lowest BCUT2D eigenvalue weighted by molar-refractivity contribution is 0.640. The van der Waals surface area contributed by atoms with Crippen LogP contribution in [0.2, 0.25) is 0 Å². The Kier molecular flexibility index (Phi) is 4.05. The maximum Gasteiger partial charge on any atom is 0.0433 e. The minimum Gasteiger partial charge on any atom is -0.323 e. The molecule has 0 saturated carbocycles. The molecule has 0 aliphatic rings. The van der Waals surface area contributed by atoms with Crippen LogP contribution in [0.25, 0.3) is 0 Å². The van der Waals surface area contributed by atoms with Crippen molar-refractivity contribution in [2.24, 2.45) is 5.73 Å². The van der Waals surface area contributed by atoms with Crippen molar-refractivity contribution in [3.05, 3.63) is 35.9 Å². The maximum atomic E-state index is 11.9. The summed E-state index contributed by atoms with van der Waals surface area (Å²) in [7, 11) is -0.893. The van der Waals surface area contributed by atoms with Gasteiger partial charge in [-0.1, -0.05) is 30.3 Å². The number of benzene rings is 1. The average Bonchev–Trinajstić information content (AvgIpc) is 2.17. The molecular weight excluding hydrogens is 206 g/mol. The van der Waals surface area contributed by atoms with Crippen molar-refractivity contribution in [2.45, 2.75) is 31.6 Å². The molecule has 0 saturated heterocycles. The fourth-order valence-electron chi connectivity index (χ4n) is 1.21. The lowest BCUT2D eigenvalue weighted by atomic mass is 10.1. The SMILES string of the molecule is CC(C)(C)S(=O)CC(N)c1ccccc1. The van der Waals surface area contributed by atoms with Gasteiger partial charge in [-0.15, -0.1) is 0 Å². The van der Waals surface area contributed by atoms with Gasteiger partial charge in [0.1, 0.15) is 0 Å². The van der Waals surface area contributed by atoms with Crippen LogP contribution in [0.4, 0.5) is 0 Å². The molecule has 0 aliphatic carbocycles. The van der Waals surface area contributed by atoms with E-state index in [1.54, 1.807) is 0 Å². The van der Waals surface area contributed by atoms with Gasteiger partial charge in [-0.3, -0.25) is 4.21 Å². The molecule has 2 unspecified atom stereocenters. The monoisotopic (exact) mass is 225 g/mol. The first-order chi connectivity index (χ1) is 6.91. The van der Waals surface area contributed by atoms with Crippen LogP contribution in [0.3, 0.4) is 0 Å². The summed E-state index contributed by atoms with van der Waals surface area (Å²) in [6, 6.07) is 9.68. The van der Waals surface area contributed by atoms with E-state index >= 15 is 0 Å². The summed E-state index contributed by atoms with van der Waals surface area (Å²) in [4.78, 5) is 0. The molecule has 84 valence electrons. The fourth-order valence-corrected chi connectivity index (χ4v) is 2.23. The van der Waals surface area contributed by atoms with E-state index in [9.17, 15) is 4.21 Å². The molecule has 3 heteroatoms. The lowest BCUT2D eigenvalue weighted by Crippen LogP contribution is -2.29. The fraction of sp³-hybridized carbons (Fsp3) is 0.500. The highest BCUT2D eigenvalue weighted by molar-refractivity contribution is 7.86. The Labute approximate surface area is 94.3 Å². The quantitative estimate of drug-likeness (QED) is 0.857. The Morgan fingerprint density at radius 1 is 1.27 bits per heavy atom. The first-order valence-electron chi connectivity index (χ1n) is 5.10. The van der Waals surface area contributed by atoms with E-state index in [2.05, 4.69) is 0 Å². The Balaban J connectivity index is 2.65. The van der Waals surface area contributed by atoms with Crippen LogP contribution in [0.1, 0.15) is 32.4 Å². The summed E-state index contributed by atoms with van der Waals surface area (Å²) in [5, 5.41) is 0. The normalized spacial score (nSPS) is 16.0. The van der Waals surface area contributed by atoms with Crippen LogP contribution in [0.5, 0.6) is 0 Å². The molecule has 1 aromatic carbocycles. The third-order valence-electron chi connectivity index (χ3n) is 2.24. The topological polar surface area (TPSA) is 43.1 Å². The Morgan fingerprint density at radius 2 is 1.80 bits per heavy atom. The summed E-state index contributed by atoms with van der Waals surface area (Å²) in [5.41, 5.74) is 7.05. The lowest BCUT2D eigenvalue weighted by Gasteiger charge is -2.20. The van der Waals surface area contributed by atoms with Gasteiger partial charge in [0.25, 0.3) is 0 Å². The summed E-state index contributed by atoms with van der Waals surface area (Å²) < 4.78 is 11.7. The van der Waals surface area contributed by atoms with Crippen LogP contribution in [-0.4, -0.2) is 14.7 Å². The zero-order valence-corrected chi connectivity index (χ0v) is 10.4. The van der Waals surface area contributed by atoms with Crippen molar-refractivity contribution in [3.63, 3.8) is 0 Å². The highest BCUT2D eigenvalue weighted by atomic mass is 32.2. The van der Waals surface area contributed by atoms with E-state index in [0.29, 0.717) is 5.75 Å². The molecule has 1 aromatic rings. The summed E-state index contributed by atoms with van der Waals surface area (Å²) in [5.74, 6) is 0.521. The smallest absolute Gasteiger partial charge is 0.0433 e. The van der Waals surface area contributed by atoms with Crippen molar-refractivity contribution < 1.29 is 4.21 Å². The predicted octanol–water partition coefficient (Wildman–Crippen LogP) is 2.23. The highest BCUT2D eigenvalue weighted by Crippen LogP contribution is 2.17. The number of hydrogen-bond donors (Lipinski definition) is 1. The second-order valence-corrected chi connectivity index (χ2v) is 6.89. The van der Waals surface area contributed by atoms with E-state index in [1.807, 2.05) is 51.1 Å². The minimum atomic E-state index is -0.893. The molecule has 0 amide bonds. The third kappa shape index (κ3) is 3.76. The van der Waals surface area contributed by atoms with Gasteiger partial charge in [0.15, 0.2) is 0 Å². The summed E-state index contributed by atoms with van der Waals surface area (Å²) >= 11 is 0. The standard InChI is InChI=1S/C12H19NOS/c1-12(2,3)15(14)9-11(13)10-7-5-4-6-8-10/h4-8,11H,9,13H2,1-3H3. The summed E-state index contributed by atoms with van der Waals surface area (Å²) in [6.45, 7) is 5.92. The number of nitrogens with two attached hydrogens (primary N) is 1. The number of hydrogen-bond acceptors (Lipinski definition) is 2. The van der Waals surface area contributed by atoms with Gasteiger partial charge >= 0.3 is 0 Å². The molecule has 0 aliphatic heterocycles. The van der Waals surface area contributed by atoms with Crippen LogP contribution in [-0.2, 0) is 10.8 Å². The van der Waals surface area contributed by atoms with Crippen molar-refractivity contribution >= 4 is 10.8 Å². The van der Waals surface area contributed by atoms with Gasteiger partial charge in [-0.25, -0.2) is 0 Å². The van der Waals surface area contributed by atoms with Crippen molar-refractivity contribution in [2.75, 3.05) is 5.75 Å². The van der Waals surface area contributed by atoms with Gasteiger partial charge in [-0.05, 0) is 26.3 Å². The molecule has 2 N–H and O–H groups in total. The molecule has 0 radical (unpaired) electrons. The average molecular weight is 225 g/mol. The third-order valence-corrected chi connectivity index (χ3v) is 4.27. The summed E-state index contributed by atoms with van der Waals surface area (Å²) in [6.07, 6.45) is 0. The van der Waals surface area contributed by atoms with E-state index in [1.165, 1.54) is 0 Å². The van der Waals surface area contributed by atoms with Crippen molar-refractivity contribution in [3.8, 4) is 0 Å². The Bertz CT molecular complexity index is 329. The Hall–Kier alpha value is -0.670. The second-order valence-electron chi connectivity index (χ2n) is 4.64. The van der Waals surface area contributed by atoms with E-state index in [4.69, 9.17) is 5.73 Å². The van der Waals surface area contributed by atoms with Gasteiger partial charge in [0, 0.05) is 27.3 Å². The van der Waals surface area contributed by atoms with Gasteiger partial charge in [0.05, 0.1) is 0 Å². The zero-order chi connectivity index (χ0) is 11.5. The largest absolute Gasteiger partial charge is 0.323 e. The van der Waals surface area contributed by atoms with Crippen LogP contribution in [0, 0.1) is 0 Å². The first kappa shape index (κ1) is 12.4. The highest BCUT2D eigenvalue weighted by Gasteiger charge is 2.21. The molecule has 0 fully saturated rings. The van der Waals surface area contributed by atoms with Crippen LogP contribution in [0.15, 0.2) is 30.3 Å². The second kappa shape index (κ2) is 4.90. The van der Waals surface area contributed by atoms with E-state index in [0.717, 1.165) is 5.56 Å². The molecule has 0 aromatic heterocycles. The molecule has 2 atom stereocenters. The minimum absolute atomic E-state index is 0.133.